The topological polar surface area (TPSA) is 12.5 Å². The van der Waals surface area contributed by atoms with Gasteiger partial charge in [0.05, 0.1) is 5.69 Å². The summed E-state index contributed by atoms with van der Waals surface area (Å²) in [6.45, 7) is 4.71. The highest BCUT2D eigenvalue weighted by atomic mass is 16.5. The van der Waals surface area contributed by atoms with Crippen LogP contribution in [0.25, 0.3) is 38.2 Å². The van der Waals surface area contributed by atoms with Crippen LogP contribution in [0.4, 0.5) is 17.1 Å². The minimum absolute atomic E-state index is 0.0932. The van der Waals surface area contributed by atoms with Gasteiger partial charge in [0.2, 0.25) is 0 Å². The van der Waals surface area contributed by atoms with Crippen molar-refractivity contribution in [1.82, 2.24) is 0 Å². The maximum absolute atomic E-state index is 7.03. The first-order chi connectivity index (χ1) is 24.1. The number of benzene rings is 7. The lowest BCUT2D eigenvalue weighted by Gasteiger charge is -2.29. The summed E-state index contributed by atoms with van der Waals surface area (Å²) in [5.74, 6) is 1.10. The lowest BCUT2D eigenvalue weighted by molar-refractivity contribution is 0.281. The van der Waals surface area contributed by atoms with Crippen molar-refractivity contribution in [3.63, 3.8) is 0 Å². The van der Waals surface area contributed by atoms with Crippen molar-refractivity contribution in [3.05, 3.63) is 186 Å². The fourth-order valence-corrected chi connectivity index (χ4v) is 8.58. The molecule has 3 aliphatic rings. The van der Waals surface area contributed by atoms with Crippen LogP contribution in [-0.2, 0) is 5.41 Å². The van der Waals surface area contributed by atoms with Crippen LogP contribution in [0.2, 0.25) is 0 Å². The molecule has 0 fully saturated rings. The van der Waals surface area contributed by atoms with E-state index in [1.54, 1.807) is 0 Å². The molecule has 0 aromatic heterocycles. The molecule has 0 bridgehead atoms. The lowest BCUT2D eigenvalue weighted by Crippen LogP contribution is -2.21. The number of para-hydroxylation sites is 1. The number of anilines is 3. The maximum atomic E-state index is 7.03. The molecule has 10 rings (SSSR count). The number of fused-ring (bicyclic) bond motifs is 9. The maximum Gasteiger partial charge on any atom is 0.135 e. The second-order valence-corrected chi connectivity index (χ2v) is 14.1. The molecule has 1 aliphatic heterocycles. The molecule has 2 unspecified atom stereocenters. The minimum atomic E-state index is -0.0935. The van der Waals surface area contributed by atoms with Gasteiger partial charge >= 0.3 is 0 Å². The summed E-state index contributed by atoms with van der Waals surface area (Å²) >= 11 is 0. The molecular formula is C47H35NO. The zero-order valence-corrected chi connectivity index (χ0v) is 27.6. The molecule has 1 heterocycles. The van der Waals surface area contributed by atoms with Crippen molar-refractivity contribution < 1.29 is 4.74 Å². The molecule has 0 saturated heterocycles. The van der Waals surface area contributed by atoms with E-state index in [0.29, 0.717) is 0 Å². The summed E-state index contributed by atoms with van der Waals surface area (Å²) in [7, 11) is 0. The third-order valence-electron chi connectivity index (χ3n) is 11.0. The Bertz CT molecular complexity index is 2520. The average Bonchev–Trinajstić information content (AvgIpc) is 3.64. The highest BCUT2D eigenvalue weighted by Gasteiger charge is 2.40. The Labute approximate surface area is 287 Å². The quantitative estimate of drug-likeness (QED) is 0.192. The zero-order valence-electron chi connectivity index (χ0n) is 27.6. The van der Waals surface area contributed by atoms with Gasteiger partial charge in [-0.3, -0.25) is 0 Å². The van der Waals surface area contributed by atoms with Crippen molar-refractivity contribution >= 4 is 44.2 Å². The van der Waals surface area contributed by atoms with Gasteiger partial charge in [-0.25, -0.2) is 0 Å². The fraction of sp³-hybridized carbons (Fsp3) is 0.106. The molecule has 2 aliphatic carbocycles. The molecule has 0 saturated carbocycles. The number of hydrogen-bond donors (Lipinski definition) is 0. The molecule has 2 atom stereocenters. The summed E-state index contributed by atoms with van der Waals surface area (Å²) in [4.78, 5) is 2.45. The largest absolute Gasteiger partial charge is 0.484 e. The summed E-state index contributed by atoms with van der Waals surface area (Å²) in [5, 5.41) is 4.81. The van der Waals surface area contributed by atoms with E-state index in [2.05, 4.69) is 183 Å². The fourth-order valence-electron chi connectivity index (χ4n) is 8.58. The molecule has 0 N–H and O–H groups in total. The van der Waals surface area contributed by atoms with Gasteiger partial charge in [0, 0.05) is 44.6 Å². The zero-order chi connectivity index (χ0) is 32.7. The molecule has 234 valence electrons. The number of nitrogens with zero attached hydrogens (tertiary/aromatic N) is 1. The molecule has 2 heteroatoms. The number of hydrogen-bond acceptors (Lipinski definition) is 2. The summed E-state index contributed by atoms with van der Waals surface area (Å²) < 4.78 is 7.03. The van der Waals surface area contributed by atoms with Gasteiger partial charge in [0.25, 0.3) is 0 Å². The van der Waals surface area contributed by atoms with Crippen molar-refractivity contribution in [2.24, 2.45) is 0 Å². The van der Waals surface area contributed by atoms with Gasteiger partial charge in [-0.15, -0.1) is 0 Å². The lowest BCUT2D eigenvalue weighted by atomic mass is 9.82. The van der Waals surface area contributed by atoms with E-state index in [4.69, 9.17) is 4.74 Å². The van der Waals surface area contributed by atoms with Crippen molar-refractivity contribution in [3.8, 4) is 16.9 Å². The monoisotopic (exact) mass is 629 g/mol. The van der Waals surface area contributed by atoms with Gasteiger partial charge < -0.3 is 9.64 Å². The van der Waals surface area contributed by atoms with Gasteiger partial charge in [-0.1, -0.05) is 141 Å². The molecule has 49 heavy (non-hydrogen) atoms. The predicted octanol–water partition coefficient (Wildman–Crippen LogP) is 12.3. The predicted molar refractivity (Wildman–Crippen MR) is 204 cm³/mol. The van der Waals surface area contributed by atoms with E-state index >= 15 is 0 Å². The Morgan fingerprint density at radius 3 is 2.20 bits per heavy atom. The average molecular weight is 630 g/mol. The Hall–Kier alpha value is -5.86. The van der Waals surface area contributed by atoms with E-state index in [1.807, 2.05) is 0 Å². The van der Waals surface area contributed by atoms with Crippen LogP contribution >= 0.6 is 0 Å². The number of rotatable bonds is 4. The minimum Gasteiger partial charge on any atom is -0.484 e. The first-order valence-corrected chi connectivity index (χ1v) is 17.3. The molecule has 7 aromatic carbocycles. The first kappa shape index (κ1) is 28.2. The number of ether oxygens (including phenoxy) is 1. The van der Waals surface area contributed by atoms with E-state index in [9.17, 15) is 0 Å². The summed E-state index contributed by atoms with van der Waals surface area (Å²) in [5.41, 5.74) is 12.4. The SMILES string of the molecule is CC1(C)c2ccccc2-c2ccc(N(c3ccccc3)c3cc4c(c5ccccc35)OC3C(c5ccc6ccccc6c5)=CC=CC43)cc21. The van der Waals surface area contributed by atoms with Crippen molar-refractivity contribution in [2.45, 2.75) is 31.3 Å². The normalized spacial score (nSPS) is 18.0. The van der Waals surface area contributed by atoms with Crippen LogP contribution in [-0.4, -0.2) is 6.10 Å². The Morgan fingerprint density at radius 2 is 1.33 bits per heavy atom. The third-order valence-corrected chi connectivity index (χ3v) is 11.0. The third kappa shape index (κ3) is 4.20. The van der Waals surface area contributed by atoms with Crippen LogP contribution in [0.5, 0.6) is 5.75 Å². The highest BCUT2D eigenvalue weighted by Crippen LogP contribution is 2.54. The van der Waals surface area contributed by atoms with Gasteiger partial charge in [0.15, 0.2) is 0 Å². The first-order valence-electron chi connectivity index (χ1n) is 17.3. The number of allylic oxidation sites excluding steroid dienone is 2. The van der Waals surface area contributed by atoms with Crippen molar-refractivity contribution in [1.29, 1.82) is 0 Å². The van der Waals surface area contributed by atoms with Gasteiger partial charge in [0.1, 0.15) is 11.9 Å². The van der Waals surface area contributed by atoms with Crippen LogP contribution in [0.3, 0.4) is 0 Å². The van der Waals surface area contributed by atoms with E-state index in [1.165, 1.54) is 55.1 Å². The van der Waals surface area contributed by atoms with Gasteiger partial charge in [-0.05, 0) is 75.0 Å². The van der Waals surface area contributed by atoms with Crippen LogP contribution < -0.4 is 9.64 Å². The molecule has 0 spiro atoms. The molecule has 0 amide bonds. The standard InChI is InChI=1S/C47H35NO/c1-47(2)42-22-11-10-17-36(42)37-26-25-34(28-43(37)47)48(33-15-4-3-5-16-33)44-29-41-40-21-12-20-35(32-24-23-30-13-6-7-14-31(30)27-32)45(40)49-46(41)39-19-9-8-18-38(39)44/h3-29,40,45H,1-2H3. The van der Waals surface area contributed by atoms with E-state index in [0.717, 1.165) is 28.2 Å². The second-order valence-electron chi connectivity index (χ2n) is 14.1. The van der Waals surface area contributed by atoms with E-state index in [-0.39, 0.29) is 17.4 Å². The van der Waals surface area contributed by atoms with Crippen molar-refractivity contribution in [2.75, 3.05) is 4.90 Å². The Balaban J connectivity index is 1.14. The second kappa shape index (κ2) is 10.6. The Kier molecular flexibility index (Phi) is 6.08. The molecule has 0 radical (unpaired) electrons. The summed E-state index contributed by atoms with van der Waals surface area (Å²) in [6.07, 6.45) is 6.68. The van der Waals surface area contributed by atoms with Gasteiger partial charge in [-0.2, -0.15) is 0 Å². The van der Waals surface area contributed by atoms with Crippen LogP contribution in [0.15, 0.2) is 164 Å². The highest BCUT2D eigenvalue weighted by molar-refractivity contribution is 6.04. The molecule has 7 aromatic rings. The Morgan fingerprint density at radius 1 is 0.592 bits per heavy atom. The van der Waals surface area contributed by atoms with Crippen LogP contribution in [0.1, 0.15) is 42.0 Å². The van der Waals surface area contributed by atoms with Crippen LogP contribution in [0, 0.1) is 0 Å². The smallest absolute Gasteiger partial charge is 0.135 e. The molecular weight excluding hydrogens is 595 g/mol. The molecule has 2 nitrogen and oxygen atoms in total. The summed E-state index contributed by atoms with van der Waals surface area (Å²) in [6, 6.07) is 53.2. The van der Waals surface area contributed by atoms with E-state index < -0.39 is 0 Å².